The monoisotopic (exact) mass is 385 g/mol. The Labute approximate surface area is 159 Å². The minimum atomic E-state index is -1.27. The third-order valence-corrected chi connectivity index (χ3v) is 4.18. The second-order valence-corrected chi connectivity index (χ2v) is 6.23. The van der Waals surface area contributed by atoms with Crippen LogP contribution in [0.25, 0.3) is 11.0 Å². The highest BCUT2D eigenvalue weighted by Gasteiger charge is 2.22. The van der Waals surface area contributed by atoms with Crippen LogP contribution in [0, 0.1) is 25.5 Å². The average Bonchev–Trinajstić information content (AvgIpc) is 2.65. The van der Waals surface area contributed by atoms with Crippen LogP contribution in [0.5, 0.6) is 0 Å². The number of nitrogens with one attached hydrogen (secondary N) is 1. The van der Waals surface area contributed by atoms with Gasteiger partial charge in [0.05, 0.1) is 28.0 Å². The summed E-state index contributed by atoms with van der Waals surface area (Å²) in [6, 6.07) is 7.85. The lowest BCUT2D eigenvalue weighted by Crippen LogP contribution is -2.30. The van der Waals surface area contributed by atoms with Crippen molar-refractivity contribution in [3.63, 3.8) is 0 Å². The highest BCUT2D eigenvalue weighted by Crippen LogP contribution is 2.19. The van der Waals surface area contributed by atoms with E-state index in [1.54, 1.807) is 13.0 Å². The van der Waals surface area contributed by atoms with Gasteiger partial charge in [-0.15, -0.1) is 0 Å². The molecule has 1 N–H and O–H groups in total. The minimum absolute atomic E-state index is 0.182. The van der Waals surface area contributed by atoms with Gasteiger partial charge in [-0.1, -0.05) is 6.07 Å². The molecule has 1 aromatic heterocycles. The summed E-state index contributed by atoms with van der Waals surface area (Å²) in [5.41, 5.74) is 2.25. The van der Waals surface area contributed by atoms with Gasteiger partial charge in [-0.3, -0.25) is 4.79 Å². The van der Waals surface area contributed by atoms with Gasteiger partial charge < -0.3 is 10.1 Å². The Morgan fingerprint density at radius 3 is 2.25 bits per heavy atom. The second-order valence-electron chi connectivity index (χ2n) is 6.23. The molecular formula is C20H17F2N3O3. The van der Waals surface area contributed by atoms with Crippen LogP contribution in [0.15, 0.2) is 36.4 Å². The molecule has 0 saturated heterocycles. The van der Waals surface area contributed by atoms with Gasteiger partial charge in [0.25, 0.3) is 5.91 Å². The molecule has 6 nitrogen and oxygen atoms in total. The average molecular weight is 385 g/mol. The number of halogens is 2. The van der Waals surface area contributed by atoms with Crippen LogP contribution in [0.2, 0.25) is 0 Å². The number of benzene rings is 2. The summed E-state index contributed by atoms with van der Waals surface area (Å²) in [5, 5.41) is 2.09. The number of fused-ring (bicyclic) bond motifs is 1. The van der Waals surface area contributed by atoms with E-state index in [4.69, 9.17) is 4.74 Å². The van der Waals surface area contributed by atoms with E-state index >= 15 is 0 Å². The van der Waals surface area contributed by atoms with E-state index in [0.29, 0.717) is 11.0 Å². The molecule has 0 aliphatic rings. The number of esters is 1. The van der Waals surface area contributed by atoms with Crippen LogP contribution in [0.4, 0.5) is 14.5 Å². The molecular weight excluding hydrogens is 368 g/mol. The maximum absolute atomic E-state index is 13.6. The molecule has 1 atom stereocenters. The largest absolute Gasteiger partial charge is 0.449 e. The Bertz CT molecular complexity index is 1070. The third-order valence-electron chi connectivity index (χ3n) is 4.18. The van der Waals surface area contributed by atoms with Crippen molar-refractivity contribution >= 4 is 28.6 Å². The molecule has 144 valence electrons. The number of amides is 1. The van der Waals surface area contributed by atoms with Crippen molar-refractivity contribution in [1.29, 1.82) is 0 Å². The Kier molecular flexibility index (Phi) is 5.30. The molecule has 0 saturated carbocycles. The molecule has 0 unspecified atom stereocenters. The predicted molar refractivity (Wildman–Crippen MR) is 98.9 cm³/mol. The third kappa shape index (κ3) is 3.95. The van der Waals surface area contributed by atoms with E-state index in [-0.39, 0.29) is 5.56 Å². The maximum atomic E-state index is 13.6. The highest BCUT2D eigenvalue weighted by molar-refractivity contribution is 5.98. The van der Waals surface area contributed by atoms with Crippen molar-refractivity contribution in [3.05, 3.63) is 65.0 Å². The molecule has 0 radical (unpaired) electrons. The van der Waals surface area contributed by atoms with Crippen molar-refractivity contribution in [1.82, 2.24) is 9.97 Å². The minimum Gasteiger partial charge on any atom is -0.449 e. The van der Waals surface area contributed by atoms with Gasteiger partial charge in [0.15, 0.2) is 6.10 Å². The fourth-order valence-electron chi connectivity index (χ4n) is 2.48. The summed E-state index contributed by atoms with van der Waals surface area (Å²) in [5.74, 6) is -3.47. The van der Waals surface area contributed by atoms with Crippen LogP contribution in [-0.4, -0.2) is 27.9 Å². The summed E-state index contributed by atoms with van der Waals surface area (Å²) in [6.45, 7) is 4.95. The van der Waals surface area contributed by atoms with Crippen LogP contribution < -0.4 is 5.32 Å². The van der Waals surface area contributed by atoms with Crippen LogP contribution in [0.1, 0.15) is 28.7 Å². The number of carbonyl (C=O) groups excluding carboxylic acids is 2. The standard InChI is InChI=1S/C20H17F2N3O3/c1-10-11(2)24-17-9-13(7-8-16(17)23-10)20(27)28-12(3)19(26)25-18-14(21)5-4-6-15(18)22/h4-9,12H,1-3H3,(H,25,26)/t12-/m0/s1. The van der Waals surface area contributed by atoms with Crippen LogP contribution in [0.3, 0.4) is 0 Å². The number of ether oxygens (including phenoxy) is 1. The zero-order chi connectivity index (χ0) is 20.4. The van der Waals surface area contributed by atoms with Crippen molar-refractivity contribution in [3.8, 4) is 0 Å². The van der Waals surface area contributed by atoms with Gasteiger partial charge in [-0.05, 0) is 51.1 Å². The highest BCUT2D eigenvalue weighted by atomic mass is 19.1. The first-order valence-electron chi connectivity index (χ1n) is 8.47. The Morgan fingerprint density at radius 1 is 1.00 bits per heavy atom. The number of para-hydroxylation sites is 1. The Morgan fingerprint density at radius 2 is 1.61 bits per heavy atom. The van der Waals surface area contributed by atoms with Gasteiger partial charge in [-0.2, -0.15) is 0 Å². The normalized spacial score (nSPS) is 11.9. The maximum Gasteiger partial charge on any atom is 0.338 e. The van der Waals surface area contributed by atoms with E-state index in [0.717, 1.165) is 23.5 Å². The van der Waals surface area contributed by atoms with E-state index in [9.17, 15) is 18.4 Å². The number of rotatable bonds is 4. The first-order valence-corrected chi connectivity index (χ1v) is 8.47. The Hall–Kier alpha value is -3.42. The van der Waals surface area contributed by atoms with E-state index in [2.05, 4.69) is 15.3 Å². The van der Waals surface area contributed by atoms with Crippen LogP contribution >= 0.6 is 0 Å². The molecule has 28 heavy (non-hydrogen) atoms. The first-order chi connectivity index (χ1) is 13.3. The number of aromatic nitrogens is 2. The lowest BCUT2D eigenvalue weighted by atomic mass is 10.2. The van der Waals surface area contributed by atoms with Gasteiger partial charge >= 0.3 is 5.97 Å². The van der Waals surface area contributed by atoms with Crippen molar-refractivity contribution in [2.24, 2.45) is 0 Å². The molecule has 0 aliphatic carbocycles. The summed E-state index contributed by atoms with van der Waals surface area (Å²) >= 11 is 0. The summed E-state index contributed by atoms with van der Waals surface area (Å²) in [4.78, 5) is 33.2. The first kappa shape index (κ1) is 19.3. The molecule has 0 aliphatic heterocycles. The molecule has 0 spiro atoms. The molecule has 8 heteroatoms. The van der Waals surface area contributed by atoms with Crippen LogP contribution in [-0.2, 0) is 9.53 Å². The number of aryl methyl sites for hydroxylation is 2. The number of carbonyl (C=O) groups is 2. The number of hydrogen-bond donors (Lipinski definition) is 1. The molecule has 2 aromatic carbocycles. The molecule has 0 fully saturated rings. The molecule has 0 bridgehead atoms. The number of anilines is 1. The van der Waals surface area contributed by atoms with Gasteiger partial charge in [-0.25, -0.2) is 23.5 Å². The molecule has 3 aromatic rings. The lowest BCUT2D eigenvalue weighted by Gasteiger charge is -2.14. The van der Waals surface area contributed by atoms with Crippen molar-refractivity contribution in [2.75, 3.05) is 5.32 Å². The molecule has 1 amide bonds. The lowest BCUT2D eigenvalue weighted by molar-refractivity contribution is -0.123. The number of hydrogen-bond acceptors (Lipinski definition) is 5. The van der Waals surface area contributed by atoms with Gasteiger partial charge in [0.2, 0.25) is 0 Å². The topological polar surface area (TPSA) is 81.2 Å². The van der Waals surface area contributed by atoms with Gasteiger partial charge in [0, 0.05) is 0 Å². The van der Waals surface area contributed by atoms with E-state index < -0.39 is 35.3 Å². The quantitative estimate of drug-likeness (QED) is 0.693. The number of nitrogens with zero attached hydrogens (tertiary/aromatic N) is 2. The van der Waals surface area contributed by atoms with Crippen molar-refractivity contribution < 1.29 is 23.1 Å². The van der Waals surface area contributed by atoms with Gasteiger partial charge in [0.1, 0.15) is 17.3 Å². The summed E-state index contributed by atoms with van der Waals surface area (Å²) in [6.07, 6.45) is -1.27. The van der Waals surface area contributed by atoms with Crippen molar-refractivity contribution in [2.45, 2.75) is 26.9 Å². The van der Waals surface area contributed by atoms with E-state index in [1.807, 2.05) is 6.92 Å². The summed E-state index contributed by atoms with van der Waals surface area (Å²) < 4.78 is 32.4. The Balaban J connectivity index is 1.74. The smallest absolute Gasteiger partial charge is 0.338 e. The fourth-order valence-corrected chi connectivity index (χ4v) is 2.48. The fraction of sp³-hybridized carbons (Fsp3) is 0.200. The zero-order valence-electron chi connectivity index (χ0n) is 15.4. The SMILES string of the molecule is Cc1nc2ccc(C(=O)O[C@@H](C)C(=O)Nc3c(F)cccc3F)cc2nc1C. The predicted octanol–water partition coefficient (Wildman–Crippen LogP) is 3.71. The summed E-state index contributed by atoms with van der Waals surface area (Å²) in [7, 11) is 0. The molecule has 3 rings (SSSR count). The zero-order valence-corrected chi connectivity index (χ0v) is 15.4. The molecule has 1 heterocycles. The van der Waals surface area contributed by atoms with E-state index in [1.165, 1.54) is 25.1 Å². The second kappa shape index (κ2) is 7.67.